The minimum Gasteiger partial charge on any atom is -0.382 e. The van der Waals surface area contributed by atoms with Crippen LogP contribution >= 0.6 is 0 Å². The number of hydrogen-bond acceptors (Lipinski definition) is 2. The molecule has 1 aliphatic heterocycles. The van der Waals surface area contributed by atoms with Crippen LogP contribution in [0.15, 0.2) is 24.3 Å². The third kappa shape index (κ3) is 3.54. The van der Waals surface area contributed by atoms with Gasteiger partial charge in [-0.3, -0.25) is 0 Å². The molecule has 2 nitrogen and oxygen atoms in total. The maximum absolute atomic E-state index is 3.73. The zero-order valence-electron chi connectivity index (χ0n) is 13.9. The number of piperidine rings is 1. The van der Waals surface area contributed by atoms with Gasteiger partial charge in [0.1, 0.15) is 0 Å². The molecular weight excluding hydrogens is 244 g/mol. The van der Waals surface area contributed by atoms with Crippen molar-refractivity contribution in [3.63, 3.8) is 0 Å². The maximum Gasteiger partial charge on any atom is 0.0342 e. The molecule has 0 aromatic heterocycles. The molecular formula is C18H30N2. The van der Waals surface area contributed by atoms with E-state index >= 15 is 0 Å². The van der Waals surface area contributed by atoms with Crippen molar-refractivity contribution >= 4 is 5.69 Å². The molecule has 1 aliphatic rings. The SMILES string of the molecule is CC1CN(C)C(C)CC1Nc1ccc(C(C)(C)C)cc1. The lowest BCUT2D eigenvalue weighted by Gasteiger charge is -2.40. The molecule has 20 heavy (non-hydrogen) atoms. The molecule has 3 atom stereocenters. The Labute approximate surface area is 124 Å². The molecule has 0 amide bonds. The summed E-state index contributed by atoms with van der Waals surface area (Å²) >= 11 is 0. The van der Waals surface area contributed by atoms with Crippen molar-refractivity contribution in [1.29, 1.82) is 0 Å². The van der Waals surface area contributed by atoms with Crippen molar-refractivity contribution < 1.29 is 0 Å². The molecule has 0 aliphatic carbocycles. The smallest absolute Gasteiger partial charge is 0.0342 e. The summed E-state index contributed by atoms with van der Waals surface area (Å²) in [6.07, 6.45) is 1.22. The highest BCUT2D eigenvalue weighted by molar-refractivity contribution is 5.46. The van der Waals surface area contributed by atoms with Crippen LogP contribution in [0, 0.1) is 5.92 Å². The van der Waals surface area contributed by atoms with Crippen LogP contribution in [-0.2, 0) is 5.41 Å². The lowest BCUT2D eigenvalue weighted by Crippen LogP contribution is -2.48. The average Bonchev–Trinajstić information content (AvgIpc) is 2.35. The molecule has 1 fully saturated rings. The lowest BCUT2D eigenvalue weighted by atomic mass is 9.86. The van der Waals surface area contributed by atoms with E-state index in [2.05, 4.69) is 76.1 Å². The van der Waals surface area contributed by atoms with Gasteiger partial charge in [-0.15, -0.1) is 0 Å². The van der Waals surface area contributed by atoms with Gasteiger partial charge in [0.05, 0.1) is 0 Å². The van der Waals surface area contributed by atoms with Gasteiger partial charge in [0.15, 0.2) is 0 Å². The number of benzene rings is 1. The molecule has 1 aromatic rings. The fourth-order valence-electron chi connectivity index (χ4n) is 3.02. The Bertz CT molecular complexity index is 430. The summed E-state index contributed by atoms with van der Waals surface area (Å²) in [4.78, 5) is 2.46. The van der Waals surface area contributed by atoms with Gasteiger partial charge in [0.2, 0.25) is 0 Å². The predicted octanol–water partition coefficient (Wildman–Crippen LogP) is 4.12. The van der Waals surface area contributed by atoms with Crippen LogP contribution in [0.3, 0.4) is 0 Å². The zero-order chi connectivity index (χ0) is 14.9. The minimum absolute atomic E-state index is 0.230. The molecule has 1 N–H and O–H groups in total. The maximum atomic E-state index is 3.73. The second kappa shape index (κ2) is 5.77. The minimum atomic E-state index is 0.230. The van der Waals surface area contributed by atoms with E-state index in [4.69, 9.17) is 0 Å². The number of rotatable bonds is 2. The molecule has 1 heterocycles. The highest BCUT2D eigenvalue weighted by atomic mass is 15.2. The van der Waals surface area contributed by atoms with Crippen molar-refractivity contribution in [3.8, 4) is 0 Å². The lowest BCUT2D eigenvalue weighted by molar-refractivity contribution is 0.145. The van der Waals surface area contributed by atoms with E-state index in [0.717, 1.165) is 0 Å². The van der Waals surface area contributed by atoms with Crippen LogP contribution < -0.4 is 5.32 Å². The van der Waals surface area contributed by atoms with Crippen molar-refractivity contribution in [2.24, 2.45) is 5.92 Å². The van der Waals surface area contributed by atoms with Crippen LogP contribution in [-0.4, -0.2) is 30.6 Å². The van der Waals surface area contributed by atoms with Crippen molar-refractivity contribution in [2.45, 2.75) is 58.5 Å². The number of anilines is 1. The second-order valence-corrected chi connectivity index (χ2v) is 7.58. The van der Waals surface area contributed by atoms with E-state index in [1.54, 1.807) is 0 Å². The van der Waals surface area contributed by atoms with Gasteiger partial charge in [0.25, 0.3) is 0 Å². The van der Waals surface area contributed by atoms with E-state index in [9.17, 15) is 0 Å². The molecule has 1 aromatic carbocycles. The average molecular weight is 274 g/mol. The Morgan fingerprint density at radius 2 is 1.70 bits per heavy atom. The first-order valence-corrected chi connectivity index (χ1v) is 7.84. The van der Waals surface area contributed by atoms with Crippen LogP contribution in [0.4, 0.5) is 5.69 Å². The molecule has 0 spiro atoms. The van der Waals surface area contributed by atoms with Crippen molar-refractivity contribution in [3.05, 3.63) is 29.8 Å². The largest absolute Gasteiger partial charge is 0.382 e. The molecule has 1 saturated heterocycles. The first-order valence-electron chi connectivity index (χ1n) is 7.84. The Hall–Kier alpha value is -1.02. The summed E-state index contributed by atoms with van der Waals surface area (Å²) in [6.45, 7) is 12.6. The summed E-state index contributed by atoms with van der Waals surface area (Å²) in [5.41, 5.74) is 2.88. The first kappa shape index (κ1) is 15.4. The highest BCUT2D eigenvalue weighted by Crippen LogP contribution is 2.27. The summed E-state index contributed by atoms with van der Waals surface area (Å²) in [7, 11) is 2.23. The summed E-state index contributed by atoms with van der Waals surface area (Å²) in [5, 5.41) is 3.73. The number of hydrogen-bond donors (Lipinski definition) is 1. The Morgan fingerprint density at radius 3 is 2.25 bits per heavy atom. The predicted molar refractivity (Wildman–Crippen MR) is 88.4 cm³/mol. The van der Waals surface area contributed by atoms with Crippen LogP contribution in [0.5, 0.6) is 0 Å². The van der Waals surface area contributed by atoms with Gasteiger partial charge in [-0.05, 0) is 49.4 Å². The van der Waals surface area contributed by atoms with Crippen LogP contribution in [0.2, 0.25) is 0 Å². The fourth-order valence-corrected chi connectivity index (χ4v) is 3.02. The van der Waals surface area contributed by atoms with E-state index in [0.29, 0.717) is 18.0 Å². The van der Waals surface area contributed by atoms with Crippen LogP contribution in [0.25, 0.3) is 0 Å². The third-order valence-corrected chi connectivity index (χ3v) is 4.71. The quantitative estimate of drug-likeness (QED) is 0.872. The molecule has 0 bridgehead atoms. The normalized spacial score (nSPS) is 28.4. The second-order valence-electron chi connectivity index (χ2n) is 7.58. The molecule has 2 rings (SSSR count). The first-order chi connectivity index (χ1) is 9.27. The summed E-state index contributed by atoms with van der Waals surface area (Å²) < 4.78 is 0. The Morgan fingerprint density at radius 1 is 1.10 bits per heavy atom. The number of likely N-dealkylation sites (tertiary alicyclic amines) is 1. The van der Waals surface area contributed by atoms with E-state index in [-0.39, 0.29) is 5.41 Å². The van der Waals surface area contributed by atoms with Gasteiger partial charge in [0, 0.05) is 24.3 Å². The molecule has 3 unspecified atom stereocenters. The fraction of sp³-hybridized carbons (Fsp3) is 0.667. The van der Waals surface area contributed by atoms with Gasteiger partial charge >= 0.3 is 0 Å². The molecule has 112 valence electrons. The van der Waals surface area contributed by atoms with Gasteiger partial charge in [-0.2, -0.15) is 0 Å². The highest BCUT2D eigenvalue weighted by Gasteiger charge is 2.28. The van der Waals surface area contributed by atoms with Crippen molar-refractivity contribution in [2.75, 3.05) is 18.9 Å². The Kier molecular flexibility index (Phi) is 4.43. The molecule has 0 saturated carbocycles. The van der Waals surface area contributed by atoms with Crippen LogP contribution in [0.1, 0.15) is 46.6 Å². The van der Waals surface area contributed by atoms with Crippen molar-refractivity contribution in [1.82, 2.24) is 4.90 Å². The molecule has 0 radical (unpaired) electrons. The topological polar surface area (TPSA) is 15.3 Å². The standard InChI is InChI=1S/C18H30N2/c1-13-12-20(6)14(2)11-17(13)19-16-9-7-15(8-10-16)18(3,4)5/h7-10,13-14,17,19H,11-12H2,1-6H3. The number of nitrogens with one attached hydrogen (secondary N) is 1. The number of nitrogens with zero attached hydrogens (tertiary/aromatic N) is 1. The van der Waals surface area contributed by atoms with E-state index < -0.39 is 0 Å². The van der Waals surface area contributed by atoms with Gasteiger partial charge in [-0.1, -0.05) is 39.8 Å². The summed E-state index contributed by atoms with van der Waals surface area (Å²) in [5.74, 6) is 0.693. The monoisotopic (exact) mass is 274 g/mol. The van der Waals surface area contributed by atoms with Gasteiger partial charge in [-0.25, -0.2) is 0 Å². The van der Waals surface area contributed by atoms with E-state index in [1.165, 1.54) is 24.2 Å². The van der Waals surface area contributed by atoms with Gasteiger partial charge < -0.3 is 10.2 Å². The third-order valence-electron chi connectivity index (χ3n) is 4.71. The Balaban J connectivity index is 2.03. The molecule has 2 heteroatoms. The van der Waals surface area contributed by atoms with E-state index in [1.807, 2.05) is 0 Å². The summed E-state index contributed by atoms with van der Waals surface area (Å²) in [6, 6.07) is 10.2. The zero-order valence-corrected chi connectivity index (χ0v) is 13.9.